The highest BCUT2D eigenvalue weighted by molar-refractivity contribution is 5.33. The molecule has 1 aliphatic rings. The van der Waals surface area contributed by atoms with Gasteiger partial charge in [-0.2, -0.15) is 0 Å². The van der Waals surface area contributed by atoms with Crippen molar-refractivity contribution in [2.45, 2.75) is 19.6 Å². The van der Waals surface area contributed by atoms with Gasteiger partial charge in [0.2, 0.25) is 0 Å². The lowest BCUT2D eigenvalue weighted by molar-refractivity contribution is 0.0669. The lowest BCUT2D eigenvalue weighted by Gasteiger charge is -2.06. The molecule has 0 aliphatic heterocycles. The van der Waals surface area contributed by atoms with E-state index < -0.39 is 0 Å². The van der Waals surface area contributed by atoms with Crippen molar-refractivity contribution in [2.75, 3.05) is 12.3 Å². The van der Waals surface area contributed by atoms with Crippen molar-refractivity contribution in [1.29, 1.82) is 0 Å². The first-order valence-corrected chi connectivity index (χ1v) is 4.80. The van der Waals surface area contributed by atoms with Gasteiger partial charge in [-0.05, 0) is 30.9 Å². The molecule has 0 bridgehead atoms. The SMILES string of the molecule is Nc1cccn(COCC2CC2)c1=O. The minimum Gasteiger partial charge on any atom is -0.394 e. The van der Waals surface area contributed by atoms with Crippen LogP contribution in [0.5, 0.6) is 0 Å². The van der Waals surface area contributed by atoms with Crippen LogP contribution in [0, 0.1) is 5.92 Å². The smallest absolute Gasteiger partial charge is 0.275 e. The molecule has 2 N–H and O–H groups in total. The molecule has 1 aromatic rings. The third-order valence-corrected chi connectivity index (χ3v) is 2.33. The molecule has 1 fully saturated rings. The van der Waals surface area contributed by atoms with Crippen molar-refractivity contribution in [2.24, 2.45) is 5.92 Å². The van der Waals surface area contributed by atoms with Crippen molar-refractivity contribution in [3.63, 3.8) is 0 Å². The average molecular weight is 194 g/mol. The van der Waals surface area contributed by atoms with Gasteiger partial charge < -0.3 is 10.5 Å². The molecule has 14 heavy (non-hydrogen) atoms. The Bertz CT molecular complexity index is 369. The Morgan fingerprint density at radius 2 is 2.36 bits per heavy atom. The molecule has 0 amide bonds. The predicted molar refractivity (Wildman–Crippen MR) is 53.8 cm³/mol. The summed E-state index contributed by atoms with van der Waals surface area (Å²) in [5.74, 6) is 0.715. The molecule has 1 aliphatic carbocycles. The fourth-order valence-corrected chi connectivity index (χ4v) is 1.26. The van der Waals surface area contributed by atoms with Gasteiger partial charge in [0.25, 0.3) is 5.56 Å². The summed E-state index contributed by atoms with van der Waals surface area (Å²) in [4.78, 5) is 11.4. The molecule has 0 saturated heterocycles. The molecule has 76 valence electrons. The number of hydrogen-bond donors (Lipinski definition) is 1. The van der Waals surface area contributed by atoms with Gasteiger partial charge in [0.1, 0.15) is 6.73 Å². The van der Waals surface area contributed by atoms with E-state index in [-0.39, 0.29) is 11.2 Å². The van der Waals surface area contributed by atoms with Crippen LogP contribution in [0.15, 0.2) is 23.1 Å². The van der Waals surface area contributed by atoms with Crippen LogP contribution in [-0.4, -0.2) is 11.2 Å². The summed E-state index contributed by atoms with van der Waals surface area (Å²) in [5, 5.41) is 0. The summed E-state index contributed by atoms with van der Waals surface area (Å²) in [6.45, 7) is 1.06. The zero-order valence-corrected chi connectivity index (χ0v) is 7.98. The maximum absolute atomic E-state index is 11.4. The largest absolute Gasteiger partial charge is 0.394 e. The standard InChI is InChI=1S/C10H14N2O2/c11-9-2-1-5-12(10(9)13)7-14-6-8-3-4-8/h1-2,5,8H,3-4,6-7,11H2. The molecule has 0 unspecified atom stereocenters. The first kappa shape index (κ1) is 9.27. The van der Waals surface area contributed by atoms with Crippen LogP contribution in [-0.2, 0) is 11.5 Å². The van der Waals surface area contributed by atoms with E-state index in [4.69, 9.17) is 10.5 Å². The summed E-state index contributed by atoms with van der Waals surface area (Å²) < 4.78 is 6.87. The van der Waals surface area contributed by atoms with Gasteiger partial charge in [-0.3, -0.25) is 9.36 Å². The molecule has 1 heterocycles. The van der Waals surface area contributed by atoms with Crippen molar-refractivity contribution in [3.05, 3.63) is 28.7 Å². The number of rotatable bonds is 4. The number of aromatic nitrogens is 1. The monoisotopic (exact) mass is 194 g/mol. The van der Waals surface area contributed by atoms with Crippen molar-refractivity contribution >= 4 is 5.69 Å². The molecular weight excluding hydrogens is 180 g/mol. The fraction of sp³-hybridized carbons (Fsp3) is 0.500. The number of pyridine rings is 1. The first-order chi connectivity index (χ1) is 6.77. The van der Waals surface area contributed by atoms with Crippen LogP contribution >= 0.6 is 0 Å². The lowest BCUT2D eigenvalue weighted by Crippen LogP contribution is -2.23. The van der Waals surface area contributed by atoms with Crippen molar-refractivity contribution in [3.8, 4) is 0 Å². The van der Waals surface area contributed by atoms with Gasteiger partial charge >= 0.3 is 0 Å². The number of anilines is 1. The molecule has 2 rings (SSSR count). The van der Waals surface area contributed by atoms with E-state index in [0.29, 0.717) is 12.6 Å². The second-order valence-electron chi connectivity index (χ2n) is 3.68. The molecule has 1 saturated carbocycles. The van der Waals surface area contributed by atoms with Crippen LogP contribution in [0.4, 0.5) is 5.69 Å². The Labute approximate surface area is 82.3 Å². The Morgan fingerprint density at radius 3 is 3.07 bits per heavy atom. The molecule has 0 atom stereocenters. The van der Waals surface area contributed by atoms with Crippen LogP contribution in [0.2, 0.25) is 0 Å². The zero-order chi connectivity index (χ0) is 9.97. The highest BCUT2D eigenvalue weighted by Gasteiger charge is 2.21. The van der Waals surface area contributed by atoms with Gasteiger partial charge in [-0.1, -0.05) is 0 Å². The van der Waals surface area contributed by atoms with Crippen LogP contribution < -0.4 is 11.3 Å². The van der Waals surface area contributed by atoms with Crippen LogP contribution in [0.25, 0.3) is 0 Å². The van der Waals surface area contributed by atoms with Gasteiger partial charge in [-0.15, -0.1) is 0 Å². The Kier molecular flexibility index (Phi) is 2.54. The minimum atomic E-state index is -0.178. The molecule has 0 aromatic carbocycles. The minimum absolute atomic E-state index is 0.178. The number of nitrogen functional groups attached to an aromatic ring is 1. The average Bonchev–Trinajstić information content (AvgIpc) is 2.96. The predicted octanol–water partition coefficient (Wildman–Crippen LogP) is 0.815. The second kappa shape index (κ2) is 3.84. The molecule has 0 spiro atoms. The third kappa shape index (κ3) is 2.14. The number of nitrogens with zero attached hydrogens (tertiary/aromatic N) is 1. The second-order valence-corrected chi connectivity index (χ2v) is 3.68. The Balaban J connectivity index is 1.94. The lowest BCUT2D eigenvalue weighted by atomic mass is 10.4. The summed E-state index contributed by atoms with van der Waals surface area (Å²) >= 11 is 0. The highest BCUT2D eigenvalue weighted by atomic mass is 16.5. The van der Waals surface area contributed by atoms with Crippen LogP contribution in [0.3, 0.4) is 0 Å². The number of hydrogen-bond acceptors (Lipinski definition) is 3. The van der Waals surface area contributed by atoms with E-state index in [0.717, 1.165) is 6.61 Å². The summed E-state index contributed by atoms with van der Waals surface area (Å²) in [7, 11) is 0. The zero-order valence-electron chi connectivity index (χ0n) is 7.98. The molecule has 0 radical (unpaired) electrons. The topological polar surface area (TPSA) is 57.2 Å². The molecule has 4 heteroatoms. The molecule has 4 nitrogen and oxygen atoms in total. The maximum atomic E-state index is 11.4. The van der Waals surface area contributed by atoms with Gasteiger partial charge in [0, 0.05) is 6.20 Å². The van der Waals surface area contributed by atoms with Gasteiger partial charge in [0.15, 0.2) is 0 Å². The van der Waals surface area contributed by atoms with E-state index in [1.807, 2.05) is 0 Å². The fourth-order valence-electron chi connectivity index (χ4n) is 1.26. The quantitative estimate of drug-likeness (QED) is 0.771. The van der Waals surface area contributed by atoms with E-state index in [9.17, 15) is 4.79 Å². The normalized spacial score (nSPS) is 15.7. The van der Waals surface area contributed by atoms with E-state index in [2.05, 4.69) is 0 Å². The molecule has 1 aromatic heterocycles. The van der Waals surface area contributed by atoms with Crippen molar-refractivity contribution < 1.29 is 4.74 Å². The summed E-state index contributed by atoms with van der Waals surface area (Å²) in [6, 6.07) is 3.34. The van der Waals surface area contributed by atoms with E-state index in [1.165, 1.54) is 17.4 Å². The number of nitrogens with two attached hydrogens (primary N) is 1. The van der Waals surface area contributed by atoms with Crippen molar-refractivity contribution in [1.82, 2.24) is 4.57 Å². The first-order valence-electron chi connectivity index (χ1n) is 4.80. The Morgan fingerprint density at radius 1 is 1.57 bits per heavy atom. The number of ether oxygens (including phenoxy) is 1. The molecular formula is C10H14N2O2. The summed E-state index contributed by atoms with van der Waals surface area (Å²) in [6.07, 6.45) is 4.20. The Hall–Kier alpha value is -1.29. The summed E-state index contributed by atoms with van der Waals surface area (Å²) in [5.41, 5.74) is 5.56. The maximum Gasteiger partial charge on any atom is 0.275 e. The van der Waals surface area contributed by atoms with Gasteiger partial charge in [0.05, 0.1) is 12.3 Å². The van der Waals surface area contributed by atoms with Crippen LogP contribution in [0.1, 0.15) is 12.8 Å². The third-order valence-electron chi connectivity index (χ3n) is 2.33. The van der Waals surface area contributed by atoms with E-state index >= 15 is 0 Å². The van der Waals surface area contributed by atoms with Gasteiger partial charge in [-0.25, -0.2) is 0 Å². The van der Waals surface area contributed by atoms with E-state index in [1.54, 1.807) is 18.3 Å². The highest BCUT2D eigenvalue weighted by Crippen LogP contribution is 2.28.